The van der Waals surface area contributed by atoms with Gasteiger partial charge < -0.3 is 15.5 Å². The second-order valence-corrected chi connectivity index (χ2v) is 8.27. The fourth-order valence-corrected chi connectivity index (χ4v) is 4.21. The first kappa shape index (κ1) is 19.3. The predicted molar refractivity (Wildman–Crippen MR) is 105 cm³/mol. The van der Waals surface area contributed by atoms with Gasteiger partial charge in [-0.25, -0.2) is 0 Å². The van der Waals surface area contributed by atoms with Crippen molar-refractivity contribution in [1.29, 1.82) is 0 Å². The minimum absolute atomic E-state index is 0.0712. The number of aromatic nitrogens is 2. The summed E-state index contributed by atoms with van der Waals surface area (Å²) >= 11 is 2.45. The molecule has 1 aliphatic rings. The van der Waals surface area contributed by atoms with Crippen molar-refractivity contribution in [1.82, 2.24) is 15.5 Å². The molecule has 27 heavy (non-hydrogen) atoms. The first-order valence-electron chi connectivity index (χ1n) is 8.31. The molecule has 1 aromatic heterocycles. The SMILES string of the molecule is CNC(=O)CSc1nnc(NC(=O)[C@@H]2CC(=O)N(c3ccc(C)cc3)C2)s1. The van der Waals surface area contributed by atoms with E-state index in [0.29, 0.717) is 16.0 Å². The van der Waals surface area contributed by atoms with E-state index in [1.807, 2.05) is 31.2 Å². The Bertz CT molecular complexity index is 853. The summed E-state index contributed by atoms with van der Waals surface area (Å²) in [5.41, 5.74) is 1.91. The van der Waals surface area contributed by atoms with Gasteiger partial charge in [0.25, 0.3) is 0 Å². The number of amides is 3. The zero-order chi connectivity index (χ0) is 19.4. The third kappa shape index (κ3) is 4.83. The fraction of sp³-hybridized carbons (Fsp3) is 0.353. The summed E-state index contributed by atoms with van der Waals surface area (Å²) in [5, 5.41) is 13.5. The number of hydrogen-bond acceptors (Lipinski definition) is 7. The Morgan fingerprint density at radius 3 is 2.74 bits per heavy atom. The summed E-state index contributed by atoms with van der Waals surface area (Å²) in [7, 11) is 1.57. The van der Waals surface area contributed by atoms with E-state index in [-0.39, 0.29) is 29.9 Å². The lowest BCUT2D eigenvalue weighted by molar-refractivity contribution is -0.122. The maximum atomic E-state index is 12.5. The van der Waals surface area contributed by atoms with E-state index in [9.17, 15) is 14.4 Å². The fourth-order valence-electron chi connectivity index (χ4n) is 2.58. The summed E-state index contributed by atoms with van der Waals surface area (Å²) in [6, 6.07) is 7.65. The molecule has 3 amide bonds. The zero-order valence-electron chi connectivity index (χ0n) is 14.9. The van der Waals surface area contributed by atoms with Gasteiger partial charge in [-0.05, 0) is 19.1 Å². The van der Waals surface area contributed by atoms with Gasteiger partial charge in [0.05, 0.1) is 11.7 Å². The van der Waals surface area contributed by atoms with E-state index >= 15 is 0 Å². The number of nitrogens with one attached hydrogen (secondary N) is 2. The summed E-state index contributed by atoms with van der Waals surface area (Å²) < 4.78 is 0.595. The largest absolute Gasteiger partial charge is 0.358 e. The van der Waals surface area contributed by atoms with Gasteiger partial charge in [-0.2, -0.15) is 0 Å². The van der Waals surface area contributed by atoms with Crippen molar-refractivity contribution in [2.75, 3.05) is 29.6 Å². The van der Waals surface area contributed by atoms with Gasteiger partial charge in [-0.3, -0.25) is 14.4 Å². The van der Waals surface area contributed by atoms with E-state index in [0.717, 1.165) is 11.3 Å². The molecule has 0 bridgehead atoms. The van der Waals surface area contributed by atoms with E-state index in [1.54, 1.807) is 11.9 Å². The van der Waals surface area contributed by atoms with Crippen molar-refractivity contribution in [2.24, 2.45) is 5.92 Å². The van der Waals surface area contributed by atoms with Crippen LogP contribution < -0.4 is 15.5 Å². The van der Waals surface area contributed by atoms with Crippen LogP contribution in [0.3, 0.4) is 0 Å². The summed E-state index contributed by atoms with van der Waals surface area (Å²) in [6.07, 6.45) is 0.163. The predicted octanol–water partition coefficient (Wildman–Crippen LogP) is 1.68. The Morgan fingerprint density at radius 2 is 2.04 bits per heavy atom. The highest BCUT2D eigenvalue weighted by Gasteiger charge is 2.35. The zero-order valence-corrected chi connectivity index (χ0v) is 16.5. The molecule has 1 atom stereocenters. The highest BCUT2D eigenvalue weighted by Crippen LogP contribution is 2.28. The third-order valence-corrected chi connectivity index (χ3v) is 6.06. The van der Waals surface area contributed by atoms with E-state index in [2.05, 4.69) is 20.8 Å². The molecule has 1 fully saturated rings. The third-order valence-electron chi connectivity index (χ3n) is 4.08. The van der Waals surface area contributed by atoms with Crippen molar-refractivity contribution < 1.29 is 14.4 Å². The van der Waals surface area contributed by atoms with Crippen molar-refractivity contribution >= 4 is 51.6 Å². The lowest BCUT2D eigenvalue weighted by atomic mass is 10.1. The van der Waals surface area contributed by atoms with Crippen molar-refractivity contribution in [3.05, 3.63) is 29.8 Å². The molecular weight excluding hydrogens is 386 g/mol. The minimum atomic E-state index is -0.440. The van der Waals surface area contributed by atoms with E-state index in [1.165, 1.54) is 23.1 Å². The van der Waals surface area contributed by atoms with Crippen LogP contribution in [-0.4, -0.2) is 47.3 Å². The lowest BCUT2D eigenvalue weighted by Gasteiger charge is -2.16. The molecule has 0 aliphatic carbocycles. The summed E-state index contributed by atoms with van der Waals surface area (Å²) in [4.78, 5) is 37.7. The number of carbonyl (C=O) groups is 3. The van der Waals surface area contributed by atoms with Gasteiger partial charge in [0, 0.05) is 25.7 Å². The molecule has 2 heterocycles. The van der Waals surface area contributed by atoms with Crippen LogP contribution in [0.1, 0.15) is 12.0 Å². The first-order chi connectivity index (χ1) is 13.0. The molecule has 0 saturated carbocycles. The number of carbonyl (C=O) groups excluding carboxylic acids is 3. The van der Waals surface area contributed by atoms with Crippen LogP contribution in [0.2, 0.25) is 0 Å². The molecule has 2 aromatic rings. The average Bonchev–Trinajstić information content (AvgIpc) is 3.27. The van der Waals surface area contributed by atoms with Crippen molar-refractivity contribution in [3.63, 3.8) is 0 Å². The molecule has 0 spiro atoms. The standard InChI is InChI=1S/C17H19N5O3S2/c1-10-3-5-12(6-4-10)22-8-11(7-14(22)24)15(25)19-16-20-21-17(27-16)26-9-13(23)18-2/h3-6,11H,7-9H2,1-2H3,(H,18,23)(H,19,20,25)/t11-/m1/s1. The number of nitrogens with zero attached hydrogens (tertiary/aromatic N) is 3. The maximum absolute atomic E-state index is 12.5. The molecule has 1 aliphatic heterocycles. The monoisotopic (exact) mass is 405 g/mol. The quantitative estimate of drug-likeness (QED) is 0.560. The second-order valence-electron chi connectivity index (χ2n) is 6.07. The highest BCUT2D eigenvalue weighted by atomic mass is 32.2. The molecule has 3 rings (SSSR count). The molecule has 1 saturated heterocycles. The molecule has 1 aromatic carbocycles. The first-order valence-corrected chi connectivity index (χ1v) is 10.1. The molecule has 0 unspecified atom stereocenters. The number of anilines is 2. The lowest BCUT2D eigenvalue weighted by Crippen LogP contribution is -2.28. The maximum Gasteiger partial charge on any atom is 0.231 e. The number of rotatable bonds is 6. The summed E-state index contributed by atoms with van der Waals surface area (Å²) in [5.74, 6) is -0.636. The van der Waals surface area contributed by atoms with Crippen LogP contribution in [0.4, 0.5) is 10.8 Å². The molecule has 0 radical (unpaired) electrons. The van der Waals surface area contributed by atoms with Crippen LogP contribution in [0, 0.1) is 12.8 Å². The van der Waals surface area contributed by atoms with Crippen LogP contribution in [0.25, 0.3) is 0 Å². The van der Waals surface area contributed by atoms with Crippen LogP contribution in [0.5, 0.6) is 0 Å². The van der Waals surface area contributed by atoms with E-state index in [4.69, 9.17) is 0 Å². The Hall–Kier alpha value is -2.46. The highest BCUT2D eigenvalue weighted by molar-refractivity contribution is 8.01. The molecule has 10 heteroatoms. The van der Waals surface area contributed by atoms with Gasteiger partial charge in [-0.15, -0.1) is 10.2 Å². The van der Waals surface area contributed by atoms with Crippen molar-refractivity contribution in [3.8, 4) is 0 Å². The van der Waals surface area contributed by atoms with Gasteiger partial charge in [0.15, 0.2) is 4.34 Å². The van der Waals surface area contributed by atoms with Gasteiger partial charge in [0.2, 0.25) is 22.9 Å². The Morgan fingerprint density at radius 1 is 1.30 bits per heavy atom. The Labute approximate surface area is 164 Å². The minimum Gasteiger partial charge on any atom is -0.358 e. The number of aryl methyl sites for hydroxylation is 1. The van der Waals surface area contributed by atoms with Gasteiger partial charge in [0.1, 0.15) is 0 Å². The van der Waals surface area contributed by atoms with Crippen molar-refractivity contribution in [2.45, 2.75) is 17.7 Å². The average molecular weight is 406 g/mol. The second kappa shape index (κ2) is 8.49. The topological polar surface area (TPSA) is 104 Å². The number of thioether (sulfide) groups is 1. The number of hydrogen-bond donors (Lipinski definition) is 2. The summed E-state index contributed by atoms with van der Waals surface area (Å²) in [6.45, 7) is 2.32. The van der Waals surface area contributed by atoms with Gasteiger partial charge >= 0.3 is 0 Å². The molecular formula is C17H19N5O3S2. The Balaban J connectivity index is 1.57. The van der Waals surface area contributed by atoms with E-state index < -0.39 is 5.92 Å². The molecule has 142 valence electrons. The Kier molecular flexibility index (Phi) is 6.07. The number of benzene rings is 1. The van der Waals surface area contributed by atoms with Crippen LogP contribution >= 0.6 is 23.1 Å². The molecule has 2 N–H and O–H groups in total. The van der Waals surface area contributed by atoms with Crippen LogP contribution in [-0.2, 0) is 14.4 Å². The van der Waals surface area contributed by atoms with Gasteiger partial charge in [-0.1, -0.05) is 40.8 Å². The smallest absolute Gasteiger partial charge is 0.231 e. The normalized spacial score (nSPS) is 16.4. The molecule has 8 nitrogen and oxygen atoms in total. The van der Waals surface area contributed by atoms with Crippen LogP contribution in [0.15, 0.2) is 28.6 Å².